The van der Waals surface area contributed by atoms with Crippen LogP contribution in [0.1, 0.15) is 5.56 Å². The number of benzene rings is 2. The molecule has 2 rings (SSSR count). The van der Waals surface area contributed by atoms with Crippen molar-refractivity contribution in [3.05, 3.63) is 58.6 Å². The molecule has 0 heterocycles. The molecule has 0 bridgehead atoms. The monoisotopic (exact) mass is 285 g/mol. The highest BCUT2D eigenvalue weighted by Crippen LogP contribution is 2.30. The normalized spacial score (nSPS) is 10.6. The molecule has 0 aromatic heterocycles. The van der Waals surface area contributed by atoms with Gasteiger partial charge < -0.3 is 5.73 Å². The van der Waals surface area contributed by atoms with E-state index >= 15 is 0 Å². The van der Waals surface area contributed by atoms with Crippen LogP contribution in [0.25, 0.3) is 0 Å². The Bertz CT molecular complexity index is 523. The predicted molar refractivity (Wildman–Crippen MR) is 71.8 cm³/mol. The van der Waals surface area contributed by atoms with Gasteiger partial charge in [0.15, 0.2) is 0 Å². The van der Waals surface area contributed by atoms with Gasteiger partial charge in [-0.05, 0) is 42.0 Å². The van der Waals surface area contributed by atoms with Crippen LogP contribution in [0.3, 0.4) is 0 Å². The van der Waals surface area contributed by atoms with Crippen molar-refractivity contribution in [1.29, 1.82) is 0 Å². The lowest BCUT2D eigenvalue weighted by Gasteiger charge is -2.07. The molecular formula is C13H10ClF2NS. The van der Waals surface area contributed by atoms with Crippen molar-refractivity contribution in [2.75, 3.05) is 5.73 Å². The molecule has 2 aromatic rings. The van der Waals surface area contributed by atoms with Crippen LogP contribution < -0.4 is 5.73 Å². The second-order valence-corrected chi connectivity index (χ2v) is 5.16. The summed E-state index contributed by atoms with van der Waals surface area (Å²) < 4.78 is 26.5. The first kappa shape index (κ1) is 13.2. The number of nitrogens with two attached hydrogens (primary N) is 1. The van der Waals surface area contributed by atoms with Gasteiger partial charge in [0.1, 0.15) is 11.6 Å². The van der Waals surface area contributed by atoms with Crippen molar-refractivity contribution in [2.24, 2.45) is 0 Å². The number of hydrogen-bond acceptors (Lipinski definition) is 2. The van der Waals surface area contributed by atoms with Crippen molar-refractivity contribution in [2.45, 2.75) is 10.6 Å². The highest BCUT2D eigenvalue weighted by molar-refractivity contribution is 7.98. The first-order valence-electron chi connectivity index (χ1n) is 5.18. The Hall–Kier alpha value is -1.26. The van der Waals surface area contributed by atoms with Gasteiger partial charge in [-0.3, -0.25) is 0 Å². The molecule has 1 nitrogen and oxygen atoms in total. The number of thioether (sulfide) groups is 1. The van der Waals surface area contributed by atoms with E-state index in [4.69, 9.17) is 17.3 Å². The van der Waals surface area contributed by atoms with Crippen LogP contribution in [0, 0.1) is 11.6 Å². The summed E-state index contributed by atoms with van der Waals surface area (Å²) in [6.07, 6.45) is 0. The summed E-state index contributed by atoms with van der Waals surface area (Å²) in [5.41, 5.74) is 6.66. The Labute approximate surface area is 113 Å². The maximum Gasteiger partial charge on any atom is 0.127 e. The summed E-state index contributed by atoms with van der Waals surface area (Å²) in [5, 5.41) is 0.471. The van der Waals surface area contributed by atoms with E-state index in [0.717, 1.165) is 0 Å². The zero-order chi connectivity index (χ0) is 13.1. The second-order valence-electron chi connectivity index (χ2n) is 3.71. The molecule has 0 aliphatic rings. The van der Waals surface area contributed by atoms with Gasteiger partial charge in [-0.15, -0.1) is 11.8 Å². The molecule has 0 unspecified atom stereocenters. The number of hydrogen-bond donors (Lipinski definition) is 1. The van der Waals surface area contributed by atoms with Crippen molar-refractivity contribution in [3.63, 3.8) is 0 Å². The van der Waals surface area contributed by atoms with Crippen LogP contribution in [0.2, 0.25) is 5.02 Å². The average molecular weight is 286 g/mol. The van der Waals surface area contributed by atoms with Crippen LogP contribution >= 0.6 is 23.4 Å². The first-order valence-corrected chi connectivity index (χ1v) is 6.54. The molecule has 0 aliphatic carbocycles. The second kappa shape index (κ2) is 5.59. The largest absolute Gasteiger partial charge is 0.398 e. The Balaban J connectivity index is 2.16. The summed E-state index contributed by atoms with van der Waals surface area (Å²) >= 11 is 7.07. The Kier molecular flexibility index (Phi) is 4.09. The molecule has 18 heavy (non-hydrogen) atoms. The summed E-state index contributed by atoms with van der Waals surface area (Å²) in [6.45, 7) is 0. The molecule has 0 atom stereocenters. The molecule has 0 saturated heterocycles. The molecule has 0 radical (unpaired) electrons. The zero-order valence-electron chi connectivity index (χ0n) is 9.29. The summed E-state index contributed by atoms with van der Waals surface area (Å²) in [6, 6.07) is 8.47. The van der Waals surface area contributed by atoms with E-state index in [-0.39, 0.29) is 11.6 Å². The minimum atomic E-state index is -0.363. The van der Waals surface area contributed by atoms with Gasteiger partial charge in [0.05, 0.1) is 0 Å². The van der Waals surface area contributed by atoms with Gasteiger partial charge in [-0.1, -0.05) is 11.6 Å². The lowest BCUT2D eigenvalue weighted by atomic mass is 10.2. The van der Waals surface area contributed by atoms with Crippen molar-refractivity contribution >= 4 is 29.1 Å². The smallest absolute Gasteiger partial charge is 0.127 e. The molecule has 0 fully saturated rings. The minimum Gasteiger partial charge on any atom is -0.398 e. The number of halogens is 3. The fourth-order valence-corrected chi connectivity index (χ4v) is 2.60. The quantitative estimate of drug-likeness (QED) is 0.664. The Morgan fingerprint density at radius 1 is 1.11 bits per heavy atom. The minimum absolute atomic E-state index is 0.332. The number of rotatable bonds is 3. The van der Waals surface area contributed by atoms with Crippen LogP contribution in [-0.2, 0) is 5.75 Å². The Morgan fingerprint density at radius 2 is 1.89 bits per heavy atom. The molecule has 94 valence electrons. The number of anilines is 1. The fourth-order valence-electron chi connectivity index (χ4n) is 1.44. The third kappa shape index (κ3) is 3.15. The van der Waals surface area contributed by atoms with E-state index in [1.54, 1.807) is 6.07 Å². The molecule has 2 aromatic carbocycles. The topological polar surface area (TPSA) is 26.0 Å². The standard InChI is InChI=1S/C13H10ClF2NS/c14-9-1-3-11(16)8(5-9)7-18-13-6-10(15)2-4-12(13)17/h1-6H,7,17H2. The van der Waals surface area contributed by atoms with E-state index in [1.165, 1.54) is 42.1 Å². The molecule has 0 saturated carbocycles. The van der Waals surface area contributed by atoms with Gasteiger partial charge in [0, 0.05) is 21.4 Å². The van der Waals surface area contributed by atoms with Gasteiger partial charge in [-0.2, -0.15) is 0 Å². The summed E-state index contributed by atoms with van der Waals surface area (Å²) in [4.78, 5) is 0.592. The van der Waals surface area contributed by atoms with E-state index in [2.05, 4.69) is 0 Å². The summed E-state index contributed by atoms with van der Waals surface area (Å²) in [5.74, 6) is -0.347. The maximum absolute atomic E-state index is 13.5. The van der Waals surface area contributed by atoms with Crippen molar-refractivity contribution < 1.29 is 8.78 Å². The third-order valence-corrected chi connectivity index (χ3v) is 3.72. The van der Waals surface area contributed by atoms with Crippen LogP contribution in [-0.4, -0.2) is 0 Å². The van der Waals surface area contributed by atoms with Gasteiger partial charge in [0.25, 0.3) is 0 Å². The van der Waals surface area contributed by atoms with Gasteiger partial charge in [0.2, 0.25) is 0 Å². The number of nitrogen functional groups attached to an aromatic ring is 1. The van der Waals surface area contributed by atoms with Crippen molar-refractivity contribution in [3.8, 4) is 0 Å². The molecule has 0 spiro atoms. The van der Waals surface area contributed by atoms with Crippen molar-refractivity contribution in [1.82, 2.24) is 0 Å². The highest BCUT2D eigenvalue weighted by atomic mass is 35.5. The van der Waals surface area contributed by atoms with Gasteiger partial charge in [-0.25, -0.2) is 8.78 Å². The molecule has 2 N–H and O–H groups in total. The SMILES string of the molecule is Nc1ccc(F)cc1SCc1cc(Cl)ccc1F. The Morgan fingerprint density at radius 3 is 2.67 bits per heavy atom. The summed E-state index contributed by atoms with van der Waals surface area (Å²) in [7, 11) is 0. The van der Waals surface area contributed by atoms with E-state index in [0.29, 0.717) is 26.9 Å². The highest BCUT2D eigenvalue weighted by Gasteiger charge is 2.06. The lowest BCUT2D eigenvalue weighted by Crippen LogP contribution is -1.92. The first-order chi connectivity index (χ1) is 8.56. The average Bonchev–Trinajstić information content (AvgIpc) is 2.34. The van der Waals surface area contributed by atoms with E-state index in [9.17, 15) is 8.78 Å². The fraction of sp³-hybridized carbons (Fsp3) is 0.0769. The molecule has 0 amide bonds. The van der Waals surface area contributed by atoms with Crippen LogP contribution in [0.15, 0.2) is 41.3 Å². The van der Waals surface area contributed by atoms with Gasteiger partial charge >= 0.3 is 0 Å². The van der Waals surface area contributed by atoms with E-state index in [1.807, 2.05) is 0 Å². The zero-order valence-corrected chi connectivity index (χ0v) is 10.9. The van der Waals surface area contributed by atoms with Crippen LogP contribution in [0.4, 0.5) is 14.5 Å². The molecular weight excluding hydrogens is 276 g/mol. The molecule has 5 heteroatoms. The van der Waals surface area contributed by atoms with E-state index < -0.39 is 0 Å². The maximum atomic E-state index is 13.5. The third-order valence-electron chi connectivity index (χ3n) is 2.37. The lowest BCUT2D eigenvalue weighted by molar-refractivity contribution is 0.617. The molecule has 0 aliphatic heterocycles. The predicted octanol–water partition coefficient (Wildman–Crippen LogP) is 4.49. The van der Waals surface area contributed by atoms with Crippen LogP contribution in [0.5, 0.6) is 0 Å².